The van der Waals surface area contributed by atoms with Gasteiger partial charge in [-0.25, -0.2) is 8.42 Å². The van der Waals surface area contributed by atoms with Crippen molar-refractivity contribution in [3.8, 4) is 0 Å². The molecule has 1 heterocycles. The minimum absolute atomic E-state index is 0.0571. The molecule has 0 aromatic heterocycles. The van der Waals surface area contributed by atoms with Crippen LogP contribution in [0.5, 0.6) is 0 Å². The summed E-state index contributed by atoms with van der Waals surface area (Å²) >= 11 is 0. The van der Waals surface area contributed by atoms with Crippen LogP contribution in [0.2, 0.25) is 37.8 Å². The monoisotopic (exact) mass is 465 g/mol. The van der Waals surface area contributed by atoms with Gasteiger partial charge in [0.15, 0.2) is 0 Å². The average Bonchev–Trinajstić information content (AvgIpc) is 2.96. The van der Waals surface area contributed by atoms with Crippen molar-refractivity contribution in [2.45, 2.75) is 70.4 Å². The molecule has 168 valence electrons. The second-order valence-electron chi connectivity index (χ2n) is 11.0. The highest BCUT2D eigenvalue weighted by atomic mass is 32.2. The van der Waals surface area contributed by atoms with E-state index in [1.54, 1.807) is 16.4 Å². The number of nitrogens with zero attached hydrogens (tertiary/aromatic N) is 1. The van der Waals surface area contributed by atoms with Gasteiger partial charge in [0, 0.05) is 19.0 Å². The lowest BCUT2D eigenvalue weighted by atomic mass is 10.1. The Morgan fingerprint density at radius 3 is 2.13 bits per heavy atom. The zero-order chi connectivity index (χ0) is 23.0. The van der Waals surface area contributed by atoms with Crippen LogP contribution in [0.1, 0.15) is 26.3 Å². The van der Waals surface area contributed by atoms with E-state index in [0.29, 0.717) is 18.0 Å². The maximum Gasteiger partial charge on any atom is 0.249 e. The molecular weight excluding hydrogens is 426 g/mol. The quantitative estimate of drug-likeness (QED) is 0.385. The first-order chi connectivity index (χ1) is 13.5. The summed E-state index contributed by atoms with van der Waals surface area (Å²) in [6.07, 6.45) is 3.90. The largest absolute Gasteiger partial charge is 0.549 e. The molecule has 0 saturated carbocycles. The van der Waals surface area contributed by atoms with Crippen molar-refractivity contribution in [3.63, 3.8) is 0 Å². The Bertz CT molecular complexity index is 905. The summed E-state index contributed by atoms with van der Waals surface area (Å²) in [6, 6.07) is 7.12. The van der Waals surface area contributed by atoms with Crippen LogP contribution < -0.4 is 0 Å². The van der Waals surface area contributed by atoms with E-state index in [2.05, 4.69) is 65.3 Å². The fourth-order valence-electron chi connectivity index (χ4n) is 3.14. The van der Waals surface area contributed by atoms with E-state index in [-0.39, 0.29) is 11.0 Å². The summed E-state index contributed by atoms with van der Waals surface area (Å²) in [5, 5.41) is 0.130. The van der Waals surface area contributed by atoms with Crippen molar-refractivity contribution >= 4 is 26.4 Å². The normalized spacial score (nSPS) is 21.0. The highest BCUT2D eigenvalue weighted by Crippen LogP contribution is 2.37. The van der Waals surface area contributed by atoms with E-state index in [1.165, 1.54) is 5.57 Å². The van der Waals surface area contributed by atoms with Gasteiger partial charge in [0.05, 0.1) is 19.2 Å². The van der Waals surface area contributed by atoms with Crippen molar-refractivity contribution < 1.29 is 12.8 Å². The predicted octanol–water partition coefficient (Wildman–Crippen LogP) is 5.95. The average molecular weight is 466 g/mol. The zero-order valence-corrected chi connectivity index (χ0v) is 22.9. The van der Waals surface area contributed by atoms with Gasteiger partial charge in [-0.15, -0.1) is 0 Å². The van der Waals surface area contributed by atoms with Gasteiger partial charge >= 0.3 is 0 Å². The number of aryl methyl sites for hydroxylation is 1. The SMILES string of the molecule is Cc1ccc(S(=O)(=O)N2C/C(=C\[Si](C)(C)C)C(/C=C/O[Si](C)(C)C(C)(C)C)C2)cc1. The highest BCUT2D eigenvalue weighted by Gasteiger charge is 2.39. The molecule has 0 radical (unpaired) electrons. The zero-order valence-electron chi connectivity index (χ0n) is 20.1. The molecule has 1 saturated heterocycles. The second-order valence-corrected chi connectivity index (χ2v) is 22.7. The molecule has 0 aliphatic carbocycles. The summed E-state index contributed by atoms with van der Waals surface area (Å²) in [5.74, 6) is 0.0571. The molecule has 1 aliphatic heterocycles. The molecular formula is C23H39NO3SSi2. The smallest absolute Gasteiger partial charge is 0.249 e. The van der Waals surface area contributed by atoms with Crippen LogP contribution in [0, 0.1) is 12.8 Å². The Labute approximate surface area is 186 Å². The first-order valence-corrected chi connectivity index (χ1v) is 18.6. The Morgan fingerprint density at radius 1 is 1.07 bits per heavy atom. The van der Waals surface area contributed by atoms with Crippen LogP contribution in [-0.4, -0.2) is 42.2 Å². The summed E-state index contributed by atoms with van der Waals surface area (Å²) < 4.78 is 34.3. The molecule has 4 nitrogen and oxygen atoms in total. The molecule has 1 aromatic carbocycles. The van der Waals surface area contributed by atoms with Crippen LogP contribution in [0.3, 0.4) is 0 Å². The lowest BCUT2D eigenvalue weighted by molar-refractivity contribution is 0.424. The van der Waals surface area contributed by atoms with Crippen molar-refractivity contribution in [2.24, 2.45) is 5.92 Å². The molecule has 0 bridgehead atoms. The molecule has 0 spiro atoms. The Kier molecular flexibility index (Phi) is 7.34. The molecule has 1 aliphatic rings. The van der Waals surface area contributed by atoms with Gasteiger partial charge in [0.25, 0.3) is 0 Å². The minimum Gasteiger partial charge on any atom is -0.549 e. The third-order valence-electron chi connectivity index (χ3n) is 5.99. The molecule has 1 unspecified atom stereocenters. The van der Waals surface area contributed by atoms with Crippen molar-refractivity contribution in [1.29, 1.82) is 0 Å². The minimum atomic E-state index is -3.51. The number of hydrogen-bond acceptors (Lipinski definition) is 3. The standard InChI is InChI=1S/C23H39NO3SSi2/c1-19-10-12-22(13-11-19)28(25,26)24-16-20(21(17-24)18-29(5,6)7)14-15-27-30(8,9)23(2,3)4/h10-15,18,20H,16-17H2,1-9H3/b15-14+,21-18+. The predicted molar refractivity (Wildman–Crippen MR) is 132 cm³/mol. The molecule has 0 amide bonds. The molecule has 30 heavy (non-hydrogen) atoms. The molecule has 7 heteroatoms. The molecule has 1 atom stereocenters. The maximum absolute atomic E-state index is 13.2. The van der Waals surface area contributed by atoms with E-state index in [0.717, 1.165) is 5.56 Å². The van der Waals surface area contributed by atoms with Gasteiger partial charge in [-0.3, -0.25) is 0 Å². The van der Waals surface area contributed by atoms with Crippen LogP contribution in [0.25, 0.3) is 0 Å². The Balaban J connectivity index is 2.29. The third-order valence-corrected chi connectivity index (χ3v) is 13.4. The number of benzene rings is 1. The summed E-state index contributed by atoms with van der Waals surface area (Å²) in [7, 11) is -6.89. The van der Waals surface area contributed by atoms with Crippen LogP contribution in [-0.2, 0) is 14.4 Å². The molecule has 1 fully saturated rings. The number of hydrogen-bond donors (Lipinski definition) is 0. The molecule has 1 aromatic rings. The van der Waals surface area contributed by atoms with E-state index in [1.807, 2.05) is 25.3 Å². The van der Waals surface area contributed by atoms with E-state index in [9.17, 15) is 8.42 Å². The lowest BCUT2D eigenvalue weighted by Gasteiger charge is -2.35. The second kappa shape index (κ2) is 8.77. The number of rotatable bonds is 6. The van der Waals surface area contributed by atoms with Crippen LogP contribution in [0.4, 0.5) is 0 Å². The van der Waals surface area contributed by atoms with Gasteiger partial charge in [0.1, 0.15) is 0 Å². The summed E-state index contributed by atoms with van der Waals surface area (Å²) in [4.78, 5) is 0.364. The van der Waals surface area contributed by atoms with E-state index >= 15 is 0 Å². The summed E-state index contributed by atoms with van der Waals surface area (Å²) in [5.41, 5.74) is 4.59. The molecule has 0 N–H and O–H groups in total. The van der Waals surface area contributed by atoms with E-state index < -0.39 is 26.4 Å². The topological polar surface area (TPSA) is 46.6 Å². The lowest BCUT2D eigenvalue weighted by Crippen LogP contribution is -2.39. The van der Waals surface area contributed by atoms with Crippen molar-refractivity contribution in [1.82, 2.24) is 4.31 Å². The first-order valence-electron chi connectivity index (χ1n) is 10.7. The third kappa shape index (κ3) is 6.18. The maximum atomic E-state index is 13.2. The van der Waals surface area contributed by atoms with Crippen LogP contribution >= 0.6 is 0 Å². The van der Waals surface area contributed by atoms with Crippen molar-refractivity contribution in [3.05, 3.63) is 53.4 Å². The van der Waals surface area contributed by atoms with Gasteiger partial charge in [-0.1, -0.05) is 69.4 Å². The first kappa shape index (κ1) is 25.1. The van der Waals surface area contributed by atoms with Gasteiger partial charge in [-0.05, 0) is 43.3 Å². The fraction of sp³-hybridized carbons (Fsp3) is 0.565. The number of sulfonamides is 1. The van der Waals surface area contributed by atoms with Gasteiger partial charge < -0.3 is 4.43 Å². The molecule has 2 rings (SSSR count). The Morgan fingerprint density at radius 2 is 1.63 bits per heavy atom. The van der Waals surface area contributed by atoms with Crippen LogP contribution in [0.15, 0.2) is 52.8 Å². The highest BCUT2D eigenvalue weighted by molar-refractivity contribution is 7.89. The fourth-order valence-corrected chi connectivity index (χ4v) is 6.78. The van der Waals surface area contributed by atoms with Gasteiger partial charge in [0.2, 0.25) is 18.3 Å². The summed E-state index contributed by atoms with van der Waals surface area (Å²) in [6.45, 7) is 20.8. The Hall–Kier alpha value is -1.16. The van der Waals surface area contributed by atoms with E-state index in [4.69, 9.17) is 4.43 Å². The van der Waals surface area contributed by atoms with Crippen molar-refractivity contribution in [2.75, 3.05) is 13.1 Å². The van der Waals surface area contributed by atoms with Gasteiger partial charge in [-0.2, -0.15) is 4.31 Å².